The lowest BCUT2D eigenvalue weighted by Crippen LogP contribution is -2.17. The molecule has 0 radical (unpaired) electrons. The Hall–Kier alpha value is -1.34. The fourth-order valence-electron chi connectivity index (χ4n) is 1.61. The van der Waals surface area contributed by atoms with Crippen LogP contribution in [0.25, 0.3) is 0 Å². The average molecular weight is 406 g/mol. The summed E-state index contributed by atoms with van der Waals surface area (Å²) in [5.74, 6) is -2.73. The molecule has 1 heterocycles. The summed E-state index contributed by atoms with van der Waals surface area (Å²) in [5.41, 5.74) is 0.293. The van der Waals surface area contributed by atoms with E-state index in [0.717, 1.165) is 12.1 Å². The van der Waals surface area contributed by atoms with Crippen LogP contribution in [0.3, 0.4) is 0 Å². The van der Waals surface area contributed by atoms with Gasteiger partial charge in [-0.25, -0.2) is 13.8 Å². The molecule has 2 aromatic rings. The van der Waals surface area contributed by atoms with Crippen molar-refractivity contribution >= 4 is 43.5 Å². The number of rotatable bonds is 2. The molecule has 0 aliphatic carbocycles. The largest absolute Gasteiger partial charge is 0.320 e. The lowest BCUT2D eigenvalue weighted by Gasteiger charge is -2.09. The lowest BCUT2D eigenvalue weighted by atomic mass is 10.1. The Morgan fingerprint density at radius 1 is 1.20 bits per heavy atom. The molecule has 20 heavy (non-hydrogen) atoms. The van der Waals surface area contributed by atoms with E-state index < -0.39 is 23.1 Å². The average Bonchev–Trinajstić information content (AvgIpc) is 2.31. The molecule has 1 aromatic carbocycles. The second kappa shape index (κ2) is 5.97. The third-order valence-corrected chi connectivity index (χ3v) is 3.43. The summed E-state index contributed by atoms with van der Waals surface area (Å²) in [5, 5.41) is 2.44. The third kappa shape index (κ3) is 3.21. The number of hydrogen-bond acceptors (Lipinski definition) is 2. The molecule has 1 amide bonds. The number of benzene rings is 1. The molecule has 1 aromatic heterocycles. The van der Waals surface area contributed by atoms with Gasteiger partial charge in [-0.1, -0.05) is 15.9 Å². The van der Waals surface area contributed by atoms with E-state index in [2.05, 4.69) is 42.2 Å². The van der Waals surface area contributed by atoms with Crippen molar-refractivity contribution in [1.29, 1.82) is 0 Å². The number of carbonyl (C=O) groups excluding carboxylic acids is 1. The maximum Gasteiger partial charge on any atom is 0.261 e. The smallest absolute Gasteiger partial charge is 0.261 e. The zero-order valence-electron chi connectivity index (χ0n) is 10.2. The second-order valence-corrected chi connectivity index (χ2v) is 5.69. The van der Waals surface area contributed by atoms with Crippen molar-refractivity contribution in [2.24, 2.45) is 0 Å². The van der Waals surface area contributed by atoms with Crippen molar-refractivity contribution in [1.82, 2.24) is 4.98 Å². The van der Waals surface area contributed by atoms with E-state index >= 15 is 0 Å². The van der Waals surface area contributed by atoms with Crippen LogP contribution in [0, 0.1) is 18.6 Å². The number of aryl methyl sites for hydroxylation is 1. The summed E-state index contributed by atoms with van der Waals surface area (Å²) < 4.78 is 28.2. The minimum atomic E-state index is -0.933. The van der Waals surface area contributed by atoms with Crippen LogP contribution in [0.15, 0.2) is 33.3 Å². The third-order valence-electron chi connectivity index (χ3n) is 2.53. The normalized spacial score (nSPS) is 10.4. The molecule has 3 nitrogen and oxygen atoms in total. The molecule has 0 fully saturated rings. The molecule has 0 aliphatic rings. The van der Waals surface area contributed by atoms with Crippen molar-refractivity contribution in [2.45, 2.75) is 6.92 Å². The molecule has 1 N–H and O–H groups in total. The van der Waals surface area contributed by atoms with Crippen LogP contribution in [0.5, 0.6) is 0 Å². The summed E-state index contributed by atoms with van der Waals surface area (Å²) in [4.78, 5) is 16.0. The Kier molecular flexibility index (Phi) is 4.49. The Bertz CT molecular complexity index is 669. The van der Waals surface area contributed by atoms with Gasteiger partial charge in [0.15, 0.2) is 0 Å². The van der Waals surface area contributed by atoms with Crippen molar-refractivity contribution in [3.8, 4) is 0 Å². The van der Waals surface area contributed by atoms with Crippen LogP contribution < -0.4 is 5.32 Å². The van der Waals surface area contributed by atoms with Crippen LogP contribution in [0.1, 0.15) is 16.1 Å². The van der Waals surface area contributed by atoms with E-state index in [9.17, 15) is 13.6 Å². The number of anilines is 1. The summed E-state index contributed by atoms with van der Waals surface area (Å²) in [6.45, 7) is 1.68. The molecule has 0 bridgehead atoms. The highest BCUT2D eigenvalue weighted by Crippen LogP contribution is 2.22. The molecule has 0 atom stereocenters. The van der Waals surface area contributed by atoms with Crippen molar-refractivity contribution in [3.63, 3.8) is 0 Å². The molecule has 2 rings (SSSR count). The van der Waals surface area contributed by atoms with Crippen molar-refractivity contribution in [3.05, 3.63) is 56.2 Å². The highest BCUT2D eigenvalue weighted by Gasteiger charge is 2.19. The molecule has 0 saturated heterocycles. The zero-order chi connectivity index (χ0) is 14.9. The van der Waals surface area contributed by atoms with E-state index in [-0.39, 0.29) is 4.47 Å². The van der Waals surface area contributed by atoms with Gasteiger partial charge in [0, 0.05) is 4.47 Å². The summed E-state index contributed by atoms with van der Waals surface area (Å²) in [7, 11) is 0. The number of halogens is 4. The number of nitrogens with one attached hydrogen (secondary N) is 1. The topological polar surface area (TPSA) is 42.0 Å². The zero-order valence-corrected chi connectivity index (χ0v) is 13.3. The van der Waals surface area contributed by atoms with Gasteiger partial charge in [-0.3, -0.25) is 4.79 Å². The standard InChI is InChI=1S/C13H8Br2F2N2O/c1-6-10(2-3-11(15)18-6)19-13(20)12-8(16)4-7(14)5-9(12)17/h2-5H,1H3,(H,19,20). The van der Waals surface area contributed by atoms with Gasteiger partial charge in [-0.2, -0.15) is 0 Å². The quantitative estimate of drug-likeness (QED) is 0.750. The van der Waals surface area contributed by atoms with E-state index in [1.54, 1.807) is 19.1 Å². The van der Waals surface area contributed by atoms with E-state index in [0.29, 0.717) is 16.0 Å². The molecule has 104 valence electrons. The van der Waals surface area contributed by atoms with Crippen molar-refractivity contribution < 1.29 is 13.6 Å². The number of hydrogen-bond donors (Lipinski definition) is 1. The number of amides is 1. The highest BCUT2D eigenvalue weighted by atomic mass is 79.9. The van der Waals surface area contributed by atoms with Gasteiger partial charge in [0.25, 0.3) is 5.91 Å². The fourth-order valence-corrected chi connectivity index (χ4v) is 2.41. The molecule has 0 spiro atoms. The van der Waals surface area contributed by atoms with Gasteiger partial charge in [0.05, 0.1) is 11.4 Å². The summed E-state index contributed by atoms with van der Waals surface area (Å²) in [6, 6.07) is 5.28. The van der Waals surface area contributed by atoms with Gasteiger partial charge in [-0.15, -0.1) is 0 Å². The van der Waals surface area contributed by atoms with Gasteiger partial charge in [-0.05, 0) is 47.1 Å². The molecule has 0 saturated carbocycles. The minimum absolute atomic E-state index is 0.227. The maximum absolute atomic E-state index is 13.7. The van der Waals surface area contributed by atoms with Crippen LogP contribution >= 0.6 is 31.9 Å². The highest BCUT2D eigenvalue weighted by molar-refractivity contribution is 9.10. The number of aromatic nitrogens is 1. The van der Waals surface area contributed by atoms with Gasteiger partial charge in [0.2, 0.25) is 0 Å². The monoisotopic (exact) mass is 404 g/mol. The van der Waals surface area contributed by atoms with Crippen LogP contribution in [-0.2, 0) is 0 Å². The van der Waals surface area contributed by atoms with E-state index in [1.807, 2.05) is 0 Å². The first kappa shape index (κ1) is 15.1. The van der Waals surface area contributed by atoms with Crippen LogP contribution in [0.4, 0.5) is 14.5 Å². The predicted octanol–water partition coefficient (Wildman–Crippen LogP) is 4.45. The predicted molar refractivity (Wildman–Crippen MR) is 78.7 cm³/mol. The first-order chi connectivity index (χ1) is 9.38. The second-order valence-electron chi connectivity index (χ2n) is 3.97. The van der Waals surface area contributed by atoms with Gasteiger partial charge in [0.1, 0.15) is 21.8 Å². The molecule has 0 aliphatic heterocycles. The number of nitrogens with zero attached hydrogens (tertiary/aromatic N) is 1. The van der Waals surface area contributed by atoms with Gasteiger partial charge < -0.3 is 5.32 Å². The lowest BCUT2D eigenvalue weighted by molar-refractivity contribution is 0.101. The van der Waals surface area contributed by atoms with Crippen molar-refractivity contribution in [2.75, 3.05) is 5.32 Å². The Morgan fingerprint density at radius 2 is 1.80 bits per heavy atom. The first-order valence-electron chi connectivity index (χ1n) is 5.47. The van der Waals surface area contributed by atoms with Crippen LogP contribution in [-0.4, -0.2) is 10.9 Å². The SMILES string of the molecule is Cc1nc(Br)ccc1NC(=O)c1c(F)cc(Br)cc1F. The molecular weight excluding hydrogens is 398 g/mol. The molecule has 0 unspecified atom stereocenters. The molecular formula is C13H8Br2F2N2O. The van der Waals surface area contributed by atoms with Gasteiger partial charge >= 0.3 is 0 Å². The summed E-state index contributed by atoms with van der Waals surface area (Å²) >= 11 is 6.15. The number of pyridine rings is 1. The van der Waals surface area contributed by atoms with E-state index in [4.69, 9.17) is 0 Å². The summed E-state index contributed by atoms with van der Waals surface area (Å²) in [6.07, 6.45) is 0. The maximum atomic E-state index is 13.7. The minimum Gasteiger partial charge on any atom is -0.320 e. The Labute approximate surface area is 130 Å². The van der Waals surface area contributed by atoms with Crippen LogP contribution in [0.2, 0.25) is 0 Å². The Morgan fingerprint density at radius 3 is 2.35 bits per heavy atom. The number of carbonyl (C=O) groups is 1. The fraction of sp³-hybridized carbons (Fsp3) is 0.0769. The van der Waals surface area contributed by atoms with E-state index in [1.165, 1.54) is 0 Å². The Balaban J connectivity index is 2.33. The first-order valence-corrected chi connectivity index (χ1v) is 7.06. The molecule has 7 heteroatoms.